The monoisotopic (exact) mass is 311 g/mol. The second-order valence-electron chi connectivity index (χ2n) is 6.74. The number of ketones is 1. The van der Waals surface area contributed by atoms with Gasteiger partial charge in [0.2, 0.25) is 0 Å². The Balaban J connectivity index is 2.09. The van der Waals surface area contributed by atoms with Crippen molar-refractivity contribution in [1.82, 2.24) is 0 Å². The van der Waals surface area contributed by atoms with Gasteiger partial charge in [-0.25, -0.2) is 0 Å². The molecule has 1 spiro atoms. The van der Waals surface area contributed by atoms with Crippen LogP contribution in [0.1, 0.15) is 49.5 Å². The van der Waals surface area contributed by atoms with E-state index in [1.807, 2.05) is 30.3 Å². The molecule has 0 aromatic heterocycles. The third-order valence-electron chi connectivity index (χ3n) is 4.47. The van der Waals surface area contributed by atoms with Crippen molar-refractivity contribution in [2.24, 2.45) is 4.99 Å². The van der Waals surface area contributed by atoms with Crippen LogP contribution in [0, 0.1) is 0 Å². The molecule has 0 saturated carbocycles. The minimum Gasteiger partial charge on any atom is -0.466 e. The molecule has 0 unspecified atom stereocenters. The van der Waals surface area contributed by atoms with Crippen LogP contribution < -0.4 is 0 Å². The van der Waals surface area contributed by atoms with Gasteiger partial charge in [-0.15, -0.1) is 0 Å². The number of fused-ring (bicyclic) bond motifs is 2. The summed E-state index contributed by atoms with van der Waals surface area (Å²) in [7, 11) is 0. The summed E-state index contributed by atoms with van der Waals surface area (Å²) in [6.45, 7) is 6.26. The van der Waals surface area contributed by atoms with Crippen molar-refractivity contribution in [2.75, 3.05) is 6.61 Å². The van der Waals surface area contributed by atoms with Crippen LogP contribution in [-0.2, 0) is 14.9 Å². The van der Waals surface area contributed by atoms with E-state index in [4.69, 9.17) is 9.73 Å². The highest BCUT2D eigenvalue weighted by molar-refractivity contribution is 6.14. The number of benzene rings is 1. The van der Waals surface area contributed by atoms with Gasteiger partial charge in [-0.05, 0) is 38.8 Å². The molecule has 0 radical (unpaired) electrons. The van der Waals surface area contributed by atoms with Crippen molar-refractivity contribution < 1.29 is 14.3 Å². The number of carbonyl (C=O) groups is 2. The van der Waals surface area contributed by atoms with Gasteiger partial charge in [0.05, 0.1) is 24.0 Å². The first-order valence-electron chi connectivity index (χ1n) is 7.96. The maximum absolute atomic E-state index is 12.2. The van der Waals surface area contributed by atoms with E-state index < -0.39 is 5.41 Å². The Morgan fingerprint density at radius 1 is 1.30 bits per heavy atom. The van der Waals surface area contributed by atoms with Gasteiger partial charge in [-0.1, -0.05) is 30.3 Å². The maximum Gasteiger partial charge on any atom is 0.311 e. The first-order chi connectivity index (χ1) is 10.9. The zero-order valence-corrected chi connectivity index (χ0v) is 13.8. The van der Waals surface area contributed by atoms with E-state index in [1.165, 1.54) is 0 Å². The Kier molecular flexibility index (Phi) is 3.71. The van der Waals surface area contributed by atoms with Crippen LogP contribution >= 0.6 is 0 Å². The number of ether oxygens (including phenoxy) is 1. The number of nitrogens with zero attached hydrogens (tertiary/aromatic N) is 1. The van der Waals surface area contributed by atoms with Gasteiger partial charge < -0.3 is 4.74 Å². The van der Waals surface area contributed by atoms with Gasteiger partial charge >= 0.3 is 5.97 Å². The fraction of sp³-hybridized carbons (Fsp3) is 0.421. The van der Waals surface area contributed by atoms with Crippen molar-refractivity contribution in [1.29, 1.82) is 0 Å². The summed E-state index contributed by atoms with van der Waals surface area (Å²) in [6, 6.07) is 7.61. The van der Waals surface area contributed by atoms with Crippen molar-refractivity contribution in [3.05, 3.63) is 47.5 Å². The van der Waals surface area contributed by atoms with E-state index in [9.17, 15) is 9.59 Å². The third-order valence-corrected chi connectivity index (χ3v) is 4.47. The zero-order valence-electron chi connectivity index (χ0n) is 13.8. The predicted octanol–water partition coefficient (Wildman–Crippen LogP) is 3.25. The van der Waals surface area contributed by atoms with Crippen LogP contribution in [0.4, 0.5) is 0 Å². The van der Waals surface area contributed by atoms with Crippen molar-refractivity contribution >= 4 is 17.5 Å². The summed E-state index contributed by atoms with van der Waals surface area (Å²) >= 11 is 0. The summed E-state index contributed by atoms with van der Waals surface area (Å²) in [4.78, 5) is 29.0. The summed E-state index contributed by atoms with van der Waals surface area (Å²) in [5.74, 6) is -0.266. The van der Waals surface area contributed by atoms with Crippen LogP contribution in [-0.4, -0.2) is 29.6 Å². The quantitative estimate of drug-likeness (QED) is 0.805. The lowest BCUT2D eigenvalue weighted by Crippen LogP contribution is -2.37. The minimum absolute atomic E-state index is 0.00594. The van der Waals surface area contributed by atoms with Crippen LogP contribution in [0.15, 0.2) is 41.4 Å². The van der Waals surface area contributed by atoms with Gasteiger partial charge in [0.25, 0.3) is 0 Å². The Labute approximate surface area is 136 Å². The molecule has 1 aromatic rings. The molecule has 0 fully saturated rings. The van der Waals surface area contributed by atoms with E-state index in [-0.39, 0.29) is 23.7 Å². The fourth-order valence-corrected chi connectivity index (χ4v) is 3.73. The standard InChI is InChI=1S/C19H21NO3/c1-4-23-17(22)11-16-19(12-18(2,3)20-16)10-9-15(21)13-7-5-6-8-14(13)19/h5-10H,4,11-12H2,1-3H3/t19-/m1/s1. The third kappa shape index (κ3) is 2.62. The van der Waals surface area contributed by atoms with Crippen LogP contribution in [0.3, 0.4) is 0 Å². The van der Waals surface area contributed by atoms with Gasteiger partial charge in [0.15, 0.2) is 5.78 Å². The average Bonchev–Trinajstić information content (AvgIpc) is 2.75. The number of rotatable bonds is 3. The molecule has 1 aliphatic carbocycles. The normalized spacial score (nSPS) is 24.5. The number of hydrogen-bond acceptors (Lipinski definition) is 4. The molecule has 1 atom stereocenters. The number of esters is 1. The zero-order chi connectivity index (χ0) is 16.7. The van der Waals surface area contributed by atoms with Crippen LogP contribution in [0.2, 0.25) is 0 Å². The highest BCUT2D eigenvalue weighted by Crippen LogP contribution is 2.47. The number of hydrogen-bond donors (Lipinski definition) is 0. The Morgan fingerprint density at radius 3 is 2.78 bits per heavy atom. The van der Waals surface area contributed by atoms with E-state index in [0.717, 1.165) is 17.7 Å². The Morgan fingerprint density at radius 2 is 2.04 bits per heavy atom. The summed E-state index contributed by atoms with van der Waals surface area (Å²) in [5, 5.41) is 0. The lowest BCUT2D eigenvalue weighted by molar-refractivity contribution is -0.141. The molecule has 1 heterocycles. The fourth-order valence-electron chi connectivity index (χ4n) is 3.73. The molecular formula is C19H21NO3. The van der Waals surface area contributed by atoms with E-state index in [1.54, 1.807) is 13.0 Å². The van der Waals surface area contributed by atoms with E-state index in [2.05, 4.69) is 13.8 Å². The predicted molar refractivity (Wildman–Crippen MR) is 89.0 cm³/mol. The van der Waals surface area contributed by atoms with Gasteiger partial charge in [-0.2, -0.15) is 0 Å². The number of carbonyl (C=O) groups excluding carboxylic acids is 2. The molecule has 1 aliphatic heterocycles. The van der Waals surface area contributed by atoms with Gasteiger partial charge in [0.1, 0.15) is 0 Å². The van der Waals surface area contributed by atoms with Crippen molar-refractivity contribution in [2.45, 2.75) is 44.6 Å². The molecule has 0 N–H and O–H groups in total. The molecule has 2 aliphatic rings. The Bertz CT molecular complexity index is 730. The second-order valence-corrected chi connectivity index (χ2v) is 6.74. The molecular weight excluding hydrogens is 290 g/mol. The topological polar surface area (TPSA) is 55.7 Å². The summed E-state index contributed by atoms with van der Waals surface area (Å²) in [6.07, 6.45) is 4.44. The van der Waals surface area contributed by atoms with Crippen molar-refractivity contribution in [3.8, 4) is 0 Å². The largest absolute Gasteiger partial charge is 0.466 e. The first kappa shape index (κ1) is 15.7. The summed E-state index contributed by atoms with van der Waals surface area (Å²) < 4.78 is 5.10. The smallest absolute Gasteiger partial charge is 0.311 e. The average molecular weight is 311 g/mol. The number of aliphatic imine (C=N–C) groups is 1. The Hall–Kier alpha value is -2.23. The highest BCUT2D eigenvalue weighted by atomic mass is 16.5. The molecule has 0 saturated heterocycles. The SMILES string of the molecule is CCOC(=O)CC1=NC(C)(C)C[C@@]12C=CC(=O)c1ccccc12. The van der Waals surface area contributed by atoms with E-state index in [0.29, 0.717) is 12.2 Å². The summed E-state index contributed by atoms with van der Waals surface area (Å²) in [5.41, 5.74) is 1.67. The molecule has 0 amide bonds. The van der Waals surface area contributed by atoms with Crippen LogP contribution in [0.5, 0.6) is 0 Å². The van der Waals surface area contributed by atoms with Gasteiger partial charge in [-0.3, -0.25) is 14.6 Å². The molecule has 4 heteroatoms. The van der Waals surface area contributed by atoms with Crippen molar-refractivity contribution in [3.63, 3.8) is 0 Å². The minimum atomic E-state index is -0.485. The highest BCUT2D eigenvalue weighted by Gasteiger charge is 2.49. The molecule has 1 aromatic carbocycles. The second kappa shape index (κ2) is 5.44. The molecule has 4 nitrogen and oxygen atoms in total. The molecule has 23 heavy (non-hydrogen) atoms. The number of allylic oxidation sites excluding steroid dienone is 2. The molecule has 120 valence electrons. The van der Waals surface area contributed by atoms with Crippen LogP contribution in [0.25, 0.3) is 0 Å². The lowest BCUT2D eigenvalue weighted by Gasteiger charge is -2.33. The maximum atomic E-state index is 12.2. The first-order valence-corrected chi connectivity index (χ1v) is 7.96. The van der Waals surface area contributed by atoms with Gasteiger partial charge in [0, 0.05) is 11.3 Å². The van der Waals surface area contributed by atoms with E-state index >= 15 is 0 Å². The lowest BCUT2D eigenvalue weighted by atomic mass is 9.67. The molecule has 3 rings (SSSR count). The molecule has 0 bridgehead atoms.